The highest BCUT2D eigenvalue weighted by molar-refractivity contribution is 6.30. The van der Waals surface area contributed by atoms with Crippen LogP contribution in [0.15, 0.2) is 85.2 Å². The lowest BCUT2D eigenvalue weighted by molar-refractivity contribution is 0.0729. The molecular weight excluding hydrogens is 470 g/mol. The zero-order valence-electron chi connectivity index (χ0n) is 20.8. The van der Waals surface area contributed by atoms with E-state index in [0.29, 0.717) is 5.02 Å². The standard InChI is InChI=1S/C29H32ClN5O/c1-4-6-9-23(5-2)32(3)29(36)35-24-15-16-25(35)19-33(18-24)20-26-28(21-11-13-22(30)14-12-21)31-27-10-7-8-17-34(26)27/h4-14,17,24-25H,1,15-16,18-20H2,2-3H3/b9-6-,23-5+. The fourth-order valence-corrected chi connectivity index (χ4v) is 5.66. The Labute approximate surface area is 217 Å². The molecule has 2 atom stereocenters. The van der Waals surface area contributed by atoms with Crippen LogP contribution in [0.1, 0.15) is 25.5 Å². The van der Waals surface area contributed by atoms with Gasteiger partial charge in [-0.15, -0.1) is 0 Å². The molecule has 2 amide bonds. The molecule has 2 saturated heterocycles. The Hall–Kier alpha value is -3.35. The fourth-order valence-electron chi connectivity index (χ4n) is 5.53. The quantitative estimate of drug-likeness (QED) is 0.389. The Morgan fingerprint density at radius 3 is 2.56 bits per heavy atom. The van der Waals surface area contributed by atoms with Crippen LogP contribution >= 0.6 is 11.6 Å². The minimum atomic E-state index is 0.0700. The van der Waals surface area contributed by atoms with Crippen LogP contribution < -0.4 is 0 Å². The lowest BCUT2D eigenvalue weighted by Crippen LogP contribution is -2.57. The van der Waals surface area contributed by atoms with Crippen molar-refractivity contribution in [2.75, 3.05) is 20.1 Å². The molecule has 0 aliphatic carbocycles. The third-order valence-corrected chi connectivity index (χ3v) is 7.52. The molecular formula is C29H32ClN5O. The number of carbonyl (C=O) groups is 1. The van der Waals surface area contributed by atoms with Gasteiger partial charge in [-0.1, -0.05) is 54.6 Å². The summed E-state index contributed by atoms with van der Waals surface area (Å²) in [6, 6.07) is 14.5. The maximum Gasteiger partial charge on any atom is 0.324 e. The monoisotopic (exact) mass is 501 g/mol. The number of aromatic nitrogens is 2. The van der Waals surface area contributed by atoms with E-state index < -0.39 is 0 Å². The molecule has 0 spiro atoms. The van der Waals surface area contributed by atoms with Crippen molar-refractivity contribution in [3.8, 4) is 11.3 Å². The summed E-state index contributed by atoms with van der Waals surface area (Å²) < 4.78 is 2.18. The normalized spacial score (nSPS) is 20.4. The average molecular weight is 502 g/mol. The van der Waals surface area contributed by atoms with E-state index in [9.17, 15) is 4.79 Å². The molecule has 0 radical (unpaired) electrons. The summed E-state index contributed by atoms with van der Waals surface area (Å²) in [4.78, 5) is 24.8. The predicted octanol–water partition coefficient (Wildman–Crippen LogP) is 6.00. The highest BCUT2D eigenvalue weighted by atomic mass is 35.5. The van der Waals surface area contributed by atoms with Gasteiger partial charge in [-0.2, -0.15) is 0 Å². The van der Waals surface area contributed by atoms with Crippen molar-refractivity contribution in [2.24, 2.45) is 0 Å². The van der Waals surface area contributed by atoms with Gasteiger partial charge >= 0.3 is 6.03 Å². The lowest BCUT2D eigenvalue weighted by Gasteiger charge is -2.42. The molecule has 0 N–H and O–H groups in total. The number of hydrogen-bond donors (Lipinski definition) is 0. The van der Waals surface area contributed by atoms with Gasteiger partial charge in [0.25, 0.3) is 0 Å². The van der Waals surface area contributed by atoms with Crippen LogP contribution in [0.25, 0.3) is 16.9 Å². The molecule has 186 valence electrons. The summed E-state index contributed by atoms with van der Waals surface area (Å²) in [7, 11) is 1.85. The van der Waals surface area contributed by atoms with Gasteiger partial charge in [0.2, 0.25) is 0 Å². The zero-order valence-corrected chi connectivity index (χ0v) is 21.6. The van der Waals surface area contributed by atoms with Gasteiger partial charge in [0.15, 0.2) is 0 Å². The molecule has 2 unspecified atom stereocenters. The van der Waals surface area contributed by atoms with E-state index in [1.54, 1.807) is 11.0 Å². The smallest absolute Gasteiger partial charge is 0.316 e. The van der Waals surface area contributed by atoms with Gasteiger partial charge in [0, 0.05) is 61.2 Å². The third kappa shape index (κ3) is 4.59. The Bertz CT molecular complexity index is 1310. The van der Waals surface area contributed by atoms with Gasteiger partial charge in [-0.05, 0) is 50.1 Å². The Morgan fingerprint density at radius 2 is 1.89 bits per heavy atom. The minimum Gasteiger partial charge on any atom is -0.316 e. The fraction of sp³-hybridized carbons (Fsp3) is 0.310. The van der Waals surface area contributed by atoms with Crippen molar-refractivity contribution in [1.29, 1.82) is 0 Å². The maximum absolute atomic E-state index is 13.5. The molecule has 2 aliphatic rings. The number of rotatable bonds is 6. The van der Waals surface area contributed by atoms with Crippen LogP contribution in [0.2, 0.25) is 5.02 Å². The number of benzene rings is 1. The predicted molar refractivity (Wildman–Crippen MR) is 146 cm³/mol. The van der Waals surface area contributed by atoms with Crippen molar-refractivity contribution >= 4 is 23.3 Å². The number of nitrogens with zero attached hydrogens (tertiary/aromatic N) is 5. The van der Waals surface area contributed by atoms with Crippen molar-refractivity contribution in [1.82, 2.24) is 24.1 Å². The van der Waals surface area contributed by atoms with Crippen molar-refractivity contribution in [2.45, 2.75) is 38.4 Å². The van der Waals surface area contributed by atoms with Crippen molar-refractivity contribution in [3.05, 3.63) is 96.0 Å². The first kappa shape index (κ1) is 24.3. The Kier molecular flexibility index (Phi) is 6.99. The first-order chi connectivity index (χ1) is 17.5. The molecule has 36 heavy (non-hydrogen) atoms. The van der Waals surface area contributed by atoms with E-state index in [1.807, 2.05) is 74.7 Å². The number of carbonyl (C=O) groups excluding carboxylic acids is 1. The number of piperazine rings is 1. The Morgan fingerprint density at radius 1 is 1.17 bits per heavy atom. The number of amides is 2. The number of imidazole rings is 1. The molecule has 6 nitrogen and oxygen atoms in total. The number of hydrogen-bond acceptors (Lipinski definition) is 3. The molecule has 2 aliphatic heterocycles. The van der Waals surface area contributed by atoms with Crippen LogP contribution in [-0.2, 0) is 6.54 Å². The summed E-state index contributed by atoms with van der Waals surface area (Å²) in [6.07, 6.45) is 11.6. The number of pyridine rings is 1. The second-order valence-corrected chi connectivity index (χ2v) is 9.92. The topological polar surface area (TPSA) is 44.1 Å². The number of urea groups is 1. The molecule has 2 bridgehead atoms. The number of likely N-dealkylation sites (N-methyl/N-ethyl adjacent to an activating group) is 1. The highest BCUT2D eigenvalue weighted by Gasteiger charge is 2.44. The number of likely N-dealkylation sites (tertiary alicyclic amines) is 1. The highest BCUT2D eigenvalue weighted by Crippen LogP contribution is 2.34. The third-order valence-electron chi connectivity index (χ3n) is 7.27. The van der Waals surface area contributed by atoms with E-state index in [4.69, 9.17) is 16.6 Å². The molecule has 2 fully saturated rings. The van der Waals surface area contributed by atoms with E-state index in [2.05, 4.69) is 27.0 Å². The van der Waals surface area contributed by atoms with Crippen LogP contribution in [-0.4, -0.2) is 62.3 Å². The second-order valence-electron chi connectivity index (χ2n) is 9.48. The first-order valence-corrected chi connectivity index (χ1v) is 12.8. The number of allylic oxidation sites excluding steroid dienone is 4. The van der Waals surface area contributed by atoms with E-state index in [0.717, 1.165) is 60.8 Å². The summed E-state index contributed by atoms with van der Waals surface area (Å²) in [5, 5.41) is 0.715. The summed E-state index contributed by atoms with van der Waals surface area (Å²) in [6.45, 7) is 8.16. The Balaban J connectivity index is 1.38. The number of halogens is 1. The minimum absolute atomic E-state index is 0.0700. The van der Waals surface area contributed by atoms with Crippen molar-refractivity contribution in [3.63, 3.8) is 0 Å². The van der Waals surface area contributed by atoms with Crippen molar-refractivity contribution < 1.29 is 4.79 Å². The van der Waals surface area contributed by atoms with Gasteiger partial charge in [-0.25, -0.2) is 9.78 Å². The molecule has 1 aromatic carbocycles. The summed E-state index contributed by atoms with van der Waals surface area (Å²) in [5.74, 6) is 0. The number of fused-ring (bicyclic) bond motifs is 3. The molecule has 3 aromatic rings. The molecule has 4 heterocycles. The van der Waals surface area contributed by atoms with Gasteiger partial charge in [0.1, 0.15) is 5.65 Å². The van der Waals surface area contributed by atoms with Gasteiger partial charge in [-0.3, -0.25) is 9.80 Å². The summed E-state index contributed by atoms with van der Waals surface area (Å²) in [5.41, 5.74) is 5.01. The van der Waals surface area contributed by atoms with E-state index in [1.165, 1.54) is 0 Å². The largest absolute Gasteiger partial charge is 0.324 e. The van der Waals surface area contributed by atoms with Gasteiger partial charge < -0.3 is 9.30 Å². The summed E-state index contributed by atoms with van der Waals surface area (Å²) >= 11 is 6.15. The SMILES string of the molecule is C=C/C=C\C(=C/C)N(C)C(=O)N1C2CCC1CN(Cc1c(-c3ccc(Cl)cc3)nc3ccccn13)C2. The first-order valence-electron chi connectivity index (χ1n) is 12.5. The lowest BCUT2D eigenvalue weighted by atomic mass is 10.1. The molecule has 5 rings (SSSR count). The van der Waals surface area contributed by atoms with Crippen LogP contribution in [0.5, 0.6) is 0 Å². The van der Waals surface area contributed by atoms with Crippen LogP contribution in [0.4, 0.5) is 4.79 Å². The maximum atomic E-state index is 13.5. The van der Waals surface area contributed by atoms with Crippen LogP contribution in [0.3, 0.4) is 0 Å². The van der Waals surface area contributed by atoms with E-state index in [-0.39, 0.29) is 18.1 Å². The zero-order chi connectivity index (χ0) is 25.2. The van der Waals surface area contributed by atoms with Crippen LogP contribution in [0, 0.1) is 0 Å². The molecule has 2 aromatic heterocycles. The average Bonchev–Trinajstić information content (AvgIpc) is 3.38. The van der Waals surface area contributed by atoms with Gasteiger partial charge in [0.05, 0.1) is 11.4 Å². The van der Waals surface area contributed by atoms with E-state index >= 15 is 0 Å². The second kappa shape index (κ2) is 10.3. The molecule has 0 saturated carbocycles. The molecule has 7 heteroatoms.